The number of sulfonamides is 1. The standard InChI is InChI=1S/C23H25NO3S/c1-16-14-20(18(3)23(16)12-13-25)9-8-17(2)24-28(26,27)22-11-10-19-6-4-5-7-21(19)15-22/h4-11,15,24-25H,3,12-14H2,1-2H3/b17-8+,20-9-. The fraction of sp³-hybridized carbons (Fsp3) is 0.217. The molecule has 0 aliphatic heterocycles. The van der Waals surface area contributed by atoms with Crippen LogP contribution in [0, 0.1) is 0 Å². The molecule has 2 N–H and O–H groups in total. The first-order valence-corrected chi connectivity index (χ1v) is 10.7. The van der Waals surface area contributed by atoms with Crippen LogP contribution >= 0.6 is 0 Å². The molecule has 2 aromatic rings. The molecule has 0 amide bonds. The zero-order valence-electron chi connectivity index (χ0n) is 16.2. The lowest BCUT2D eigenvalue weighted by Gasteiger charge is -2.09. The second-order valence-corrected chi connectivity index (χ2v) is 8.73. The fourth-order valence-electron chi connectivity index (χ4n) is 3.45. The SMILES string of the molecule is C=C1C(CCO)=C(C)C/C1=C/C=C(\C)NS(=O)(=O)c1ccc2ccccc2c1. The number of aliphatic hydroxyl groups is 1. The van der Waals surface area contributed by atoms with Crippen LogP contribution in [0.2, 0.25) is 0 Å². The van der Waals surface area contributed by atoms with Gasteiger partial charge in [-0.15, -0.1) is 0 Å². The highest BCUT2D eigenvalue weighted by molar-refractivity contribution is 7.89. The number of fused-ring (bicyclic) bond motifs is 1. The van der Waals surface area contributed by atoms with Crippen LogP contribution in [0.4, 0.5) is 0 Å². The topological polar surface area (TPSA) is 66.4 Å². The lowest BCUT2D eigenvalue weighted by molar-refractivity contribution is 0.300. The molecule has 0 fully saturated rings. The maximum atomic E-state index is 12.7. The Kier molecular flexibility index (Phi) is 5.87. The van der Waals surface area contributed by atoms with Gasteiger partial charge in [0.25, 0.3) is 10.0 Å². The third kappa shape index (κ3) is 4.26. The zero-order valence-corrected chi connectivity index (χ0v) is 17.0. The van der Waals surface area contributed by atoms with E-state index in [1.807, 2.05) is 43.3 Å². The molecule has 0 saturated carbocycles. The molecule has 0 heterocycles. The molecule has 0 radical (unpaired) electrons. The van der Waals surface area contributed by atoms with Gasteiger partial charge in [-0.3, -0.25) is 4.72 Å². The Morgan fingerprint density at radius 3 is 2.64 bits per heavy atom. The van der Waals surface area contributed by atoms with Gasteiger partial charge in [0.05, 0.1) is 4.90 Å². The maximum Gasteiger partial charge on any atom is 0.261 e. The van der Waals surface area contributed by atoms with Crippen LogP contribution in [-0.4, -0.2) is 20.1 Å². The largest absolute Gasteiger partial charge is 0.396 e. The van der Waals surface area contributed by atoms with Gasteiger partial charge in [-0.2, -0.15) is 0 Å². The van der Waals surface area contributed by atoms with Crippen LogP contribution in [0.25, 0.3) is 10.8 Å². The van der Waals surface area contributed by atoms with Crippen LogP contribution in [0.3, 0.4) is 0 Å². The quantitative estimate of drug-likeness (QED) is 0.751. The highest BCUT2D eigenvalue weighted by Gasteiger charge is 2.19. The number of allylic oxidation sites excluding steroid dienone is 6. The van der Waals surface area contributed by atoms with Crippen molar-refractivity contribution in [2.45, 2.75) is 31.6 Å². The monoisotopic (exact) mass is 395 g/mol. The molecular formula is C23H25NO3S. The molecule has 28 heavy (non-hydrogen) atoms. The molecule has 3 rings (SSSR count). The smallest absolute Gasteiger partial charge is 0.261 e. The molecule has 146 valence electrons. The summed E-state index contributed by atoms with van der Waals surface area (Å²) in [6.07, 6.45) is 5.03. The number of benzene rings is 2. The normalized spacial score (nSPS) is 17.0. The highest BCUT2D eigenvalue weighted by atomic mass is 32.2. The van der Waals surface area contributed by atoms with Crippen molar-refractivity contribution in [2.75, 3.05) is 6.61 Å². The zero-order chi connectivity index (χ0) is 20.3. The Morgan fingerprint density at radius 2 is 1.93 bits per heavy atom. The highest BCUT2D eigenvalue weighted by Crippen LogP contribution is 2.36. The van der Waals surface area contributed by atoms with E-state index in [4.69, 9.17) is 0 Å². The van der Waals surface area contributed by atoms with E-state index in [2.05, 4.69) is 11.3 Å². The van der Waals surface area contributed by atoms with E-state index in [-0.39, 0.29) is 11.5 Å². The molecule has 0 saturated heterocycles. The number of nitrogens with one attached hydrogen (secondary N) is 1. The minimum atomic E-state index is -3.65. The Labute approximate surface area is 166 Å². The van der Waals surface area contributed by atoms with Crippen LogP contribution in [0.5, 0.6) is 0 Å². The lowest BCUT2D eigenvalue weighted by Crippen LogP contribution is -2.21. The van der Waals surface area contributed by atoms with Gasteiger partial charge in [-0.25, -0.2) is 8.42 Å². The molecule has 1 aliphatic carbocycles. The molecular weight excluding hydrogens is 370 g/mol. The van der Waals surface area contributed by atoms with E-state index in [0.717, 1.165) is 33.9 Å². The van der Waals surface area contributed by atoms with Crippen LogP contribution < -0.4 is 4.72 Å². The van der Waals surface area contributed by atoms with Crippen LogP contribution in [0.1, 0.15) is 26.7 Å². The van der Waals surface area contributed by atoms with E-state index in [9.17, 15) is 13.5 Å². The summed E-state index contributed by atoms with van der Waals surface area (Å²) in [5.74, 6) is 0. The molecule has 5 heteroatoms. The minimum absolute atomic E-state index is 0.0966. The van der Waals surface area contributed by atoms with Gasteiger partial charge >= 0.3 is 0 Å². The average molecular weight is 396 g/mol. The molecule has 0 aromatic heterocycles. The average Bonchev–Trinajstić information content (AvgIpc) is 2.93. The summed E-state index contributed by atoms with van der Waals surface area (Å²) in [6, 6.07) is 12.8. The van der Waals surface area contributed by atoms with Crippen molar-refractivity contribution in [3.63, 3.8) is 0 Å². The van der Waals surface area contributed by atoms with Crippen molar-refractivity contribution < 1.29 is 13.5 Å². The number of hydrogen-bond acceptors (Lipinski definition) is 3. The number of rotatable bonds is 6. The van der Waals surface area contributed by atoms with E-state index >= 15 is 0 Å². The van der Waals surface area contributed by atoms with Gasteiger partial charge in [0, 0.05) is 12.3 Å². The van der Waals surface area contributed by atoms with Crippen molar-refractivity contribution in [3.8, 4) is 0 Å². The second kappa shape index (κ2) is 8.17. The van der Waals surface area contributed by atoms with Crippen molar-refractivity contribution in [3.05, 3.63) is 89.2 Å². The summed E-state index contributed by atoms with van der Waals surface area (Å²) in [7, 11) is -3.65. The maximum absolute atomic E-state index is 12.7. The summed E-state index contributed by atoms with van der Waals surface area (Å²) in [4.78, 5) is 0.236. The Balaban J connectivity index is 1.77. The molecule has 0 atom stereocenters. The van der Waals surface area contributed by atoms with E-state index in [1.165, 1.54) is 5.57 Å². The Morgan fingerprint density at radius 1 is 1.21 bits per heavy atom. The van der Waals surface area contributed by atoms with Gasteiger partial charge in [-0.05, 0) is 72.4 Å². The summed E-state index contributed by atoms with van der Waals surface area (Å²) >= 11 is 0. The first-order valence-electron chi connectivity index (χ1n) is 9.20. The van der Waals surface area contributed by atoms with Crippen molar-refractivity contribution in [1.29, 1.82) is 0 Å². The van der Waals surface area contributed by atoms with Gasteiger partial charge in [-0.1, -0.05) is 48.6 Å². The molecule has 0 spiro atoms. The lowest BCUT2D eigenvalue weighted by atomic mass is 10.0. The van der Waals surface area contributed by atoms with E-state index < -0.39 is 10.0 Å². The van der Waals surface area contributed by atoms with Crippen molar-refractivity contribution in [2.24, 2.45) is 0 Å². The molecule has 1 aliphatic rings. The van der Waals surface area contributed by atoms with E-state index in [1.54, 1.807) is 25.1 Å². The van der Waals surface area contributed by atoms with Crippen LogP contribution in [0.15, 0.2) is 94.1 Å². The van der Waals surface area contributed by atoms with Gasteiger partial charge in [0.2, 0.25) is 0 Å². The first-order chi connectivity index (χ1) is 13.3. The molecule has 4 nitrogen and oxygen atoms in total. The number of hydrogen-bond donors (Lipinski definition) is 2. The summed E-state index contributed by atoms with van der Waals surface area (Å²) < 4.78 is 28.0. The Bertz CT molecular complexity index is 1120. The first kappa shape index (κ1) is 20.1. The predicted molar refractivity (Wildman–Crippen MR) is 114 cm³/mol. The van der Waals surface area contributed by atoms with Crippen LogP contribution in [-0.2, 0) is 10.0 Å². The summed E-state index contributed by atoms with van der Waals surface area (Å²) in [6.45, 7) is 7.97. The summed E-state index contributed by atoms with van der Waals surface area (Å²) in [5, 5.41) is 11.1. The molecule has 0 unspecified atom stereocenters. The fourth-order valence-corrected chi connectivity index (χ4v) is 4.59. The third-order valence-corrected chi connectivity index (χ3v) is 6.41. The van der Waals surface area contributed by atoms with Gasteiger partial charge in [0.1, 0.15) is 0 Å². The van der Waals surface area contributed by atoms with E-state index in [0.29, 0.717) is 12.1 Å². The predicted octanol–water partition coefficient (Wildman–Crippen LogP) is 4.61. The van der Waals surface area contributed by atoms with Gasteiger partial charge in [0.15, 0.2) is 0 Å². The van der Waals surface area contributed by atoms with Crippen molar-refractivity contribution in [1.82, 2.24) is 4.72 Å². The Hall–Kier alpha value is -2.63. The molecule has 2 aromatic carbocycles. The molecule has 0 bridgehead atoms. The van der Waals surface area contributed by atoms with Gasteiger partial charge < -0.3 is 5.11 Å². The minimum Gasteiger partial charge on any atom is -0.396 e. The third-order valence-electron chi connectivity index (χ3n) is 4.95. The number of aliphatic hydroxyl groups excluding tert-OH is 1. The second-order valence-electron chi connectivity index (χ2n) is 7.04. The summed E-state index contributed by atoms with van der Waals surface area (Å²) in [5.41, 5.74) is 4.80. The van der Waals surface area contributed by atoms with Crippen molar-refractivity contribution >= 4 is 20.8 Å².